The number of nitrogens with zero attached hydrogens (tertiary/aromatic N) is 2. The number of anilines is 3. The molecule has 0 fully saturated rings. The van der Waals surface area contributed by atoms with Gasteiger partial charge in [-0.25, -0.2) is 4.98 Å². The molecule has 1 aromatic carbocycles. The lowest BCUT2D eigenvalue weighted by molar-refractivity contribution is 0.887. The second kappa shape index (κ2) is 6.08. The summed E-state index contributed by atoms with van der Waals surface area (Å²) in [7, 11) is 0. The van der Waals surface area contributed by atoms with Crippen molar-refractivity contribution in [1.29, 1.82) is 0 Å². The molecule has 0 aliphatic heterocycles. The fourth-order valence-corrected chi connectivity index (χ4v) is 1.96. The van der Waals surface area contributed by atoms with Crippen molar-refractivity contribution < 1.29 is 0 Å². The first-order valence-electron chi connectivity index (χ1n) is 5.86. The minimum Gasteiger partial charge on any atom is -0.368 e. The highest BCUT2D eigenvalue weighted by Crippen LogP contribution is 2.27. The normalized spacial score (nSPS) is 10.6. The summed E-state index contributed by atoms with van der Waals surface area (Å²) in [4.78, 5) is 8.50. The van der Waals surface area contributed by atoms with Gasteiger partial charge in [0.25, 0.3) is 0 Å². The molecule has 0 bridgehead atoms. The Bertz CT molecular complexity index is 572. The molecule has 0 radical (unpaired) electrons. The molecule has 2 aromatic rings. The first kappa shape index (κ1) is 13.9. The number of nitrogens with one attached hydrogen (secondary N) is 2. The Kier molecular flexibility index (Phi) is 4.45. The summed E-state index contributed by atoms with van der Waals surface area (Å²) in [5.41, 5.74) is 0.716. The number of halogens is 2. The summed E-state index contributed by atoms with van der Waals surface area (Å²) in [6.45, 7) is 4.09. The van der Waals surface area contributed by atoms with Gasteiger partial charge in [-0.3, -0.25) is 0 Å². The van der Waals surface area contributed by atoms with Crippen LogP contribution >= 0.6 is 23.2 Å². The third-order valence-electron chi connectivity index (χ3n) is 2.27. The summed E-state index contributed by atoms with van der Waals surface area (Å²) in [6, 6.07) is 7.33. The molecule has 0 unspecified atom stereocenters. The van der Waals surface area contributed by atoms with Crippen LogP contribution in [0, 0.1) is 0 Å². The Balaban J connectivity index is 2.18. The van der Waals surface area contributed by atoms with E-state index in [4.69, 9.17) is 23.2 Å². The van der Waals surface area contributed by atoms with Crippen LogP contribution in [-0.2, 0) is 0 Å². The van der Waals surface area contributed by atoms with E-state index >= 15 is 0 Å². The van der Waals surface area contributed by atoms with Crippen molar-refractivity contribution in [2.75, 3.05) is 10.6 Å². The van der Waals surface area contributed by atoms with Gasteiger partial charge in [-0.05, 0) is 38.1 Å². The van der Waals surface area contributed by atoms with Gasteiger partial charge in [0, 0.05) is 17.3 Å². The molecule has 100 valence electrons. The van der Waals surface area contributed by atoms with E-state index in [1.165, 1.54) is 0 Å². The van der Waals surface area contributed by atoms with Crippen LogP contribution in [0.15, 0.2) is 30.5 Å². The van der Waals surface area contributed by atoms with E-state index in [1.54, 1.807) is 24.4 Å². The first-order valence-corrected chi connectivity index (χ1v) is 6.62. The van der Waals surface area contributed by atoms with Crippen molar-refractivity contribution >= 4 is 40.7 Å². The smallest absolute Gasteiger partial charge is 0.229 e. The number of rotatable bonds is 4. The van der Waals surface area contributed by atoms with Crippen LogP contribution in [0.1, 0.15) is 13.8 Å². The van der Waals surface area contributed by atoms with Gasteiger partial charge in [0.15, 0.2) is 0 Å². The Morgan fingerprint density at radius 3 is 2.63 bits per heavy atom. The fraction of sp³-hybridized carbons (Fsp3) is 0.231. The molecule has 0 aliphatic carbocycles. The molecule has 1 heterocycles. The molecule has 0 aliphatic rings. The number of hydrogen-bond donors (Lipinski definition) is 2. The van der Waals surface area contributed by atoms with Crippen LogP contribution in [0.2, 0.25) is 10.0 Å². The van der Waals surface area contributed by atoms with Gasteiger partial charge in [0.1, 0.15) is 5.82 Å². The maximum atomic E-state index is 6.09. The van der Waals surface area contributed by atoms with E-state index in [9.17, 15) is 0 Å². The average molecular weight is 297 g/mol. The molecule has 4 nitrogen and oxygen atoms in total. The molecule has 2 rings (SSSR count). The highest BCUT2D eigenvalue weighted by Gasteiger charge is 2.05. The van der Waals surface area contributed by atoms with Crippen LogP contribution in [0.25, 0.3) is 0 Å². The van der Waals surface area contributed by atoms with Crippen LogP contribution in [0.5, 0.6) is 0 Å². The van der Waals surface area contributed by atoms with E-state index in [-0.39, 0.29) is 0 Å². The zero-order valence-corrected chi connectivity index (χ0v) is 12.1. The van der Waals surface area contributed by atoms with Crippen LogP contribution in [-0.4, -0.2) is 16.0 Å². The Morgan fingerprint density at radius 1 is 1.16 bits per heavy atom. The summed E-state index contributed by atoms with van der Waals surface area (Å²) >= 11 is 11.9. The third kappa shape index (κ3) is 3.98. The van der Waals surface area contributed by atoms with E-state index in [0.717, 1.165) is 5.82 Å². The van der Waals surface area contributed by atoms with Gasteiger partial charge in [-0.1, -0.05) is 23.2 Å². The summed E-state index contributed by atoms with van der Waals surface area (Å²) in [6.07, 6.45) is 1.68. The lowest BCUT2D eigenvalue weighted by Crippen LogP contribution is -2.11. The molecule has 0 amide bonds. The van der Waals surface area contributed by atoms with Crippen molar-refractivity contribution in [3.8, 4) is 0 Å². The molecule has 1 aromatic heterocycles. The van der Waals surface area contributed by atoms with Crippen molar-refractivity contribution in [2.45, 2.75) is 19.9 Å². The van der Waals surface area contributed by atoms with Crippen LogP contribution < -0.4 is 10.6 Å². The second-order valence-electron chi connectivity index (χ2n) is 4.31. The van der Waals surface area contributed by atoms with E-state index in [1.807, 2.05) is 19.9 Å². The van der Waals surface area contributed by atoms with Gasteiger partial charge in [-0.15, -0.1) is 0 Å². The molecule has 6 heteroatoms. The van der Waals surface area contributed by atoms with Crippen molar-refractivity contribution in [3.63, 3.8) is 0 Å². The van der Waals surface area contributed by atoms with Crippen molar-refractivity contribution in [3.05, 3.63) is 40.5 Å². The number of hydrogen-bond acceptors (Lipinski definition) is 4. The van der Waals surface area contributed by atoms with Gasteiger partial charge in [-0.2, -0.15) is 4.98 Å². The lowest BCUT2D eigenvalue weighted by atomic mass is 10.3. The standard InChI is InChI=1S/C13H14Cl2N4/c1-8(2)17-12-5-6-16-13(19-12)18-11-4-3-9(14)7-10(11)15/h3-8H,1-2H3,(H2,16,17,18,19). The molecule has 0 saturated heterocycles. The summed E-state index contributed by atoms with van der Waals surface area (Å²) < 4.78 is 0. The predicted molar refractivity (Wildman–Crippen MR) is 80.5 cm³/mol. The fourth-order valence-electron chi connectivity index (χ4n) is 1.51. The Hall–Kier alpha value is -1.52. The second-order valence-corrected chi connectivity index (χ2v) is 5.16. The van der Waals surface area contributed by atoms with Gasteiger partial charge in [0.05, 0.1) is 10.7 Å². The summed E-state index contributed by atoms with van der Waals surface area (Å²) in [5, 5.41) is 7.39. The molecule has 19 heavy (non-hydrogen) atoms. The van der Waals surface area contributed by atoms with E-state index in [2.05, 4.69) is 20.6 Å². The zero-order valence-electron chi connectivity index (χ0n) is 10.6. The monoisotopic (exact) mass is 296 g/mol. The maximum absolute atomic E-state index is 6.09. The topological polar surface area (TPSA) is 49.8 Å². The molecule has 2 N–H and O–H groups in total. The molecular weight excluding hydrogens is 283 g/mol. The van der Waals surface area contributed by atoms with Gasteiger partial charge in [0.2, 0.25) is 5.95 Å². The molecular formula is C13H14Cl2N4. The van der Waals surface area contributed by atoms with E-state index in [0.29, 0.717) is 27.7 Å². The third-order valence-corrected chi connectivity index (χ3v) is 2.82. The average Bonchev–Trinajstić information content (AvgIpc) is 2.32. The quantitative estimate of drug-likeness (QED) is 0.881. The molecule has 0 spiro atoms. The molecule has 0 saturated carbocycles. The number of benzene rings is 1. The zero-order chi connectivity index (χ0) is 13.8. The first-order chi connectivity index (χ1) is 9.04. The van der Waals surface area contributed by atoms with Gasteiger partial charge < -0.3 is 10.6 Å². The predicted octanol–water partition coefficient (Wildman–Crippen LogP) is 4.35. The highest BCUT2D eigenvalue weighted by atomic mass is 35.5. The van der Waals surface area contributed by atoms with E-state index < -0.39 is 0 Å². The Labute approximate surface area is 122 Å². The minimum absolute atomic E-state index is 0.307. The minimum atomic E-state index is 0.307. The molecule has 0 atom stereocenters. The van der Waals surface area contributed by atoms with Gasteiger partial charge >= 0.3 is 0 Å². The van der Waals surface area contributed by atoms with Crippen LogP contribution in [0.3, 0.4) is 0 Å². The highest BCUT2D eigenvalue weighted by molar-refractivity contribution is 6.36. The number of aromatic nitrogens is 2. The Morgan fingerprint density at radius 2 is 1.95 bits per heavy atom. The van der Waals surface area contributed by atoms with Crippen LogP contribution in [0.4, 0.5) is 17.5 Å². The SMILES string of the molecule is CC(C)Nc1ccnc(Nc2ccc(Cl)cc2Cl)n1. The largest absolute Gasteiger partial charge is 0.368 e. The van der Waals surface area contributed by atoms with Crippen molar-refractivity contribution in [2.24, 2.45) is 0 Å². The van der Waals surface area contributed by atoms with Crippen molar-refractivity contribution in [1.82, 2.24) is 9.97 Å². The lowest BCUT2D eigenvalue weighted by Gasteiger charge is -2.11. The maximum Gasteiger partial charge on any atom is 0.229 e. The summed E-state index contributed by atoms with van der Waals surface area (Å²) in [5.74, 6) is 1.24.